The van der Waals surface area contributed by atoms with Gasteiger partial charge in [0.2, 0.25) is 12.1 Å². The number of rotatable bonds is 5. The Morgan fingerprint density at radius 1 is 1.37 bits per heavy atom. The van der Waals surface area contributed by atoms with Crippen LogP contribution in [0.5, 0.6) is 0 Å². The Morgan fingerprint density at radius 2 is 2.05 bits per heavy atom. The summed E-state index contributed by atoms with van der Waals surface area (Å²) in [5.74, 6) is 0.387. The first kappa shape index (κ1) is 13.8. The van der Waals surface area contributed by atoms with E-state index in [1.165, 1.54) is 32.0 Å². The first-order valence-corrected chi connectivity index (χ1v) is 6.80. The molecule has 0 atom stereocenters. The largest absolute Gasteiger partial charge is 0.406 e. The fourth-order valence-corrected chi connectivity index (χ4v) is 2.45. The summed E-state index contributed by atoms with van der Waals surface area (Å²) >= 11 is 0. The number of nitro groups is 1. The number of hydrogen-bond donors (Lipinski definition) is 1. The van der Waals surface area contributed by atoms with Gasteiger partial charge >= 0.3 is 5.82 Å². The number of likely N-dealkylation sites (tertiary alicyclic amines) is 1. The van der Waals surface area contributed by atoms with Gasteiger partial charge in [0.25, 0.3) is 0 Å². The molecule has 1 fully saturated rings. The number of aromatic nitrogens is 2. The molecule has 1 aliphatic heterocycles. The van der Waals surface area contributed by atoms with Crippen LogP contribution in [0.3, 0.4) is 0 Å². The first-order valence-electron chi connectivity index (χ1n) is 6.80. The highest BCUT2D eigenvalue weighted by atomic mass is 16.6. The minimum Gasteiger partial charge on any atom is -0.363 e. The number of nitrogens with zero attached hydrogens (tertiary/aromatic N) is 4. The van der Waals surface area contributed by atoms with Gasteiger partial charge in [0.1, 0.15) is 0 Å². The maximum absolute atomic E-state index is 10.8. The third kappa shape index (κ3) is 3.66. The van der Waals surface area contributed by atoms with Gasteiger partial charge in [-0.15, -0.1) is 0 Å². The van der Waals surface area contributed by atoms with Crippen LogP contribution in [0, 0.1) is 10.1 Å². The fourth-order valence-electron chi connectivity index (χ4n) is 2.45. The van der Waals surface area contributed by atoms with Gasteiger partial charge in [-0.2, -0.15) is 0 Å². The number of imidazole rings is 1. The van der Waals surface area contributed by atoms with E-state index < -0.39 is 4.92 Å². The van der Waals surface area contributed by atoms with E-state index in [4.69, 9.17) is 0 Å². The molecule has 0 radical (unpaired) electrons. The smallest absolute Gasteiger partial charge is 0.363 e. The molecule has 1 aliphatic rings. The SMILES string of the molecule is Cn1cnc([N+](=O)[O-])c1NCCN1CCCCCC1. The highest BCUT2D eigenvalue weighted by Crippen LogP contribution is 2.20. The van der Waals surface area contributed by atoms with Crippen molar-refractivity contribution in [3.8, 4) is 0 Å². The molecule has 106 valence electrons. The van der Waals surface area contributed by atoms with Crippen LogP contribution in [0.2, 0.25) is 0 Å². The quantitative estimate of drug-likeness (QED) is 0.648. The van der Waals surface area contributed by atoms with Crippen molar-refractivity contribution in [3.05, 3.63) is 16.4 Å². The molecule has 0 spiro atoms. The van der Waals surface area contributed by atoms with Gasteiger partial charge in [0.15, 0.2) is 0 Å². The fraction of sp³-hybridized carbons (Fsp3) is 0.750. The van der Waals surface area contributed by atoms with Crippen molar-refractivity contribution < 1.29 is 4.92 Å². The predicted octanol–water partition coefficient (Wildman–Crippen LogP) is 1.62. The molecule has 2 rings (SSSR count). The molecule has 1 N–H and O–H groups in total. The highest BCUT2D eigenvalue weighted by Gasteiger charge is 2.19. The van der Waals surface area contributed by atoms with E-state index >= 15 is 0 Å². The lowest BCUT2D eigenvalue weighted by Gasteiger charge is -2.19. The van der Waals surface area contributed by atoms with Gasteiger partial charge in [-0.25, -0.2) is 0 Å². The number of aryl methyl sites for hydroxylation is 1. The minimum atomic E-state index is -0.450. The van der Waals surface area contributed by atoms with Gasteiger partial charge < -0.3 is 20.3 Å². The normalized spacial score (nSPS) is 17.1. The summed E-state index contributed by atoms with van der Waals surface area (Å²) in [6.07, 6.45) is 6.61. The van der Waals surface area contributed by atoms with Gasteiger partial charge in [-0.3, -0.25) is 4.57 Å². The molecule has 2 heterocycles. The Balaban J connectivity index is 1.85. The third-order valence-electron chi connectivity index (χ3n) is 3.51. The lowest BCUT2D eigenvalue weighted by molar-refractivity contribution is -0.388. The Bertz CT molecular complexity index is 424. The van der Waals surface area contributed by atoms with Gasteiger partial charge in [-0.05, 0) is 35.8 Å². The molecule has 0 aliphatic carbocycles. The van der Waals surface area contributed by atoms with E-state index in [0.29, 0.717) is 12.4 Å². The highest BCUT2D eigenvalue weighted by molar-refractivity contribution is 5.51. The second-order valence-corrected chi connectivity index (χ2v) is 4.97. The van der Waals surface area contributed by atoms with Crippen molar-refractivity contribution in [2.45, 2.75) is 25.7 Å². The Labute approximate surface area is 112 Å². The molecule has 1 saturated heterocycles. The summed E-state index contributed by atoms with van der Waals surface area (Å²) < 4.78 is 1.65. The van der Waals surface area contributed by atoms with Crippen LogP contribution < -0.4 is 5.32 Å². The van der Waals surface area contributed by atoms with Crippen LogP contribution in [0.15, 0.2) is 6.33 Å². The molecular weight excluding hydrogens is 246 g/mol. The number of nitrogens with one attached hydrogen (secondary N) is 1. The van der Waals surface area contributed by atoms with Crippen molar-refractivity contribution in [1.29, 1.82) is 0 Å². The van der Waals surface area contributed by atoms with Gasteiger partial charge in [0, 0.05) is 20.1 Å². The van der Waals surface area contributed by atoms with Crippen LogP contribution in [-0.2, 0) is 7.05 Å². The summed E-state index contributed by atoms with van der Waals surface area (Å²) in [6, 6.07) is 0. The van der Waals surface area contributed by atoms with E-state index in [-0.39, 0.29) is 5.82 Å². The lowest BCUT2D eigenvalue weighted by Crippen LogP contribution is -2.30. The van der Waals surface area contributed by atoms with E-state index in [2.05, 4.69) is 15.2 Å². The molecule has 7 nitrogen and oxygen atoms in total. The van der Waals surface area contributed by atoms with Gasteiger partial charge in [0.05, 0.1) is 0 Å². The predicted molar refractivity (Wildman–Crippen MR) is 73.3 cm³/mol. The summed E-state index contributed by atoms with van der Waals surface area (Å²) in [5.41, 5.74) is 0. The molecule has 0 unspecified atom stereocenters. The van der Waals surface area contributed by atoms with E-state index in [0.717, 1.165) is 19.6 Å². The molecule has 0 aromatic carbocycles. The summed E-state index contributed by atoms with van der Waals surface area (Å²) in [6.45, 7) is 3.90. The van der Waals surface area contributed by atoms with E-state index in [1.807, 2.05) is 0 Å². The average Bonchev–Trinajstić information content (AvgIpc) is 2.61. The minimum absolute atomic E-state index is 0.0987. The zero-order valence-electron chi connectivity index (χ0n) is 11.3. The maximum Gasteiger partial charge on any atom is 0.406 e. The molecule has 1 aromatic rings. The van der Waals surface area contributed by atoms with Gasteiger partial charge in [-0.1, -0.05) is 12.8 Å². The molecule has 0 bridgehead atoms. The lowest BCUT2D eigenvalue weighted by atomic mass is 10.2. The van der Waals surface area contributed by atoms with Crippen LogP contribution in [-0.4, -0.2) is 45.6 Å². The monoisotopic (exact) mass is 267 g/mol. The number of hydrogen-bond acceptors (Lipinski definition) is 5. The van der Waals surface area contributed by atoms with Crippen molar-refractivity contribution in [1.82, 2.24) is 14.5 Å². The molecule has 0 saturated carbocycles. The van der Waals surface area contributed by atoms with Crippen LogP contribution >= 0.6 is 0 Å². The Kier molecular flexibility index (Phi) is 4.73. The van der Waals surface area contributed by atoms with Crippen molar-refractivity contribution in [2.75, 3.05) is 31.5 Å². The summed E-state index contributed by atoms with van der Waals surface area (Å²) in [4.78, 5) is 16.6. The molecule has 7 heteroatoms. The standard InChI is InChI=1S/C12H21N5O2/c1-15-10-14-12(17(18)19)11(15)13-6-9-16-7-4-2-3-5-8-16/h10,13H,2-9H2,1H3. The zero-order valence-corrected chi connectivity index (χ0v) is 11.3. The molecule has 19 heavy (non-hydrogen) atoms. The zero-order chi connectivity index (χ0) is 13.7. The van der Waals surface area contributed by atoms with Crippen molar-refractivity contribution >= 4 is 11.6 Å². The average molecular weight is 267 g/mol. The maximum atomic E-state index is 10.8. The molecule has 0 amide bonds. The summed E-state index contributed by atoms with van der Waals surface area (Å²) in [7, 11) is 1.76. The van der Waals surface area contributed by atoms with Crippen LogP contribution in [0.4, 0.5) is 11.6 Å². The van der Waals surface area contributed by atoms with E-state index in [1.54, 1.807) is 11.6 Å². The first-order chi connectivity index (χ1) is 9.18. The number of anilines is 1. The molecular formula is C12H21N5O2. The van der Waals surface area contributed by atoms with Crippen molar-refractivity contribution in [2.24, 2.45) is 7.05 Å². The van der Waals surface area contributed by atoms with Crippen LogP contribution in [0.1, 0.15) is 25.7 Å². The third-order valence-corrected chi connectivity index (χ3v) is 3.51. The van der Waals surface area contributed by atoms with Crippen molar-refractivity contribution in [3.63, 3.8) is 0 Å². The van der Waals surface area contributed by atoms with Crippen LogP contribution in [0.25, 0.3) is 0 Å². The molecule has 1 aromatic heterocycles. The summed E-state index contributed by atoms with van der Waals surface area (Å²) in [5, 5.41) is 14.0. The second kappa shape index (κ2) is 6.51. The Hall–Kier alpha value is -1.63. The topological polar surface area (TPSA) is 76.2 Å². The van der Waals surface area contributed by atoms with E-state index in [9.17, 15) is 10.1 Å². The Morgan fingerprint density at radius 3 is 2.68 bits per heavy atom. The second-order valence-electron chi connectivity index (χ2n) is 4.97.